The van der Waals surface area contributed by atoms with E-state index in [9.17, 15) is 4.79 Å². The molecule has 1 rings (SSSR count). The van der Waals surface area contributed by atoms with Crippen LogP contribution in [0, 0.1) is 13.8 Å². The summed E-state index contributed by atoms with van der Waals surface area (Å²) in [6.45, 7) is 5.29. The van der Waals surface area contributed by atoms with Crippen LogP contribution in [0.4, 0.5) is 0 Å². The van der Waals surface area contributed by atoms with Crippen molar-refractivity contribution >= 4 is 5.97 Å². The highest BCUT2D eigenvalue weighted by atomic mass is 16.4. The molecule has 1 aromatic heterocycles. The third-order valence-electron chi connectivity index (χ3n) is 2.02. The summed E-state index contributed by atoms with van der Waals surface area (Å²) in [6, 6.07) is 0. The van der Waals surface area contributed by atoms with Crippen molar-refractivity contribution in [2.45, 2.75) is 26.7 Å². The fourth-order valence-corrected chi connectivity index (χ4v) is 1.35. The molecule has 1 aromatic rings. The molecule has 0 saturated heterocycles. The standard InChI is InChI=1S/C9H12O3/c1-5-4-12-7(3)8(5)6(2)9(10)11/h4,6H,1-3H3,(H,10,11). The SMILES string of the molecule is Cc1coc(C)c1C(C)C(=O)O. The minimum atomic E-state index is -0.817. The first-order chi connectivity index (χ1) is 5.54. The maximum atomic E-state index is 10.7. The van der Waals surface area contributed by atoms with E-state index in [0.717, 1.165) is 11.1 Å². The third-order valence-corrected chi connectivity index (χ3v) is 2.02. The number of carboxylic acids is 1. The molecule has 1 heterocycles. The summed E-state index contributed by atoms with van der Waals surface area (Å²) in [5.74, 6) is -0.603. The second-order valence-corrected chi connectivity index (χ2v) is 2.95. The molecule has 0 fully saturated rings. The zero-order valence-electron chi connectivity index (χ0n) is 7.42. The third kappa shape index (κ3) is 1.35. The van der Waals surface area contributed by atoms with Gasteiger partial charge in [0.2, 0.25) is 0 Å². The lowest BCUT2D eigenvalue weighted by Crippen LogP contribution is -2.08. The van der Waals surface area contributed by atoms with Gasteiger partial charge in [0.25, 0.3) is 0 Å². The highest BCUT2D eigenvalue weighted by Gasteiger charge is 2.20. The Morgan fingerprint density at radius 3 is 2.50 bits per heavy atom. The molecule has 0 amide bonds. The number of furan rings is 1. The van der Waals surface area contributed by atoms with Gasteiger partial charge in [-0.25, -0.2) is 0 Å². The van der Waals surface area contributed by atoms with Gasteiger partial charge in [-0.1, -0.05) is 0 Å². The molecule has 0 aliphatic heterocycles. The van der Waals surface area contributed by atoms with E-state index in [2.05, 4.69) is 0 Å². The number of hydrogen-bond donors (Lipinski definition) is 1. The number of aliphatic carboxylic acids is 1. The van der Waals surface area contributed by atoms with Crippen LogP contribution in [-0.2, 0) is 4.79 Å². The predicted octanol–water partition coefficient (Wildman–Crippen LogP) is 2.08. The average Bonchev–Trinajstić information content (AvgIpc) is 2.30. The molecule has 0 bridgehead atoms. The lowest BCUT2D eigenvalue weighted by molar-refractivity contribution is -0.138. The zero-order valence-corrected chi connectivity index (χ0v) is 7.42. The lowest BCUT2D eigenvalue weighted by Gasteiger charge is -2.05. The number of hydrogen-bond acceptors (Lipinski definition) is 2. The highest BCUT2D eigenvalue weighted by molar-refractivity contribution is 5.76. The summed E-state index contributed by atoms with van der Waals surface area (Å²) in [7, 11) is 0. The molecular formula is C9H12O3. The van der Waals surface area contributed by atoms with Crippen molar-refractivity contribution in [2.24, 2.45) is 0 Å². The van der Waals surface area contributed by atoms with Crippen LogP contribution in [0.5, 0.6) is 0 Å². The quantitative estimate of drug-likeness (QED) is 0.735. The highest BCUT2D eigenvalue weighted by Crippen LogP contribution is 2.24. The molecule has 0 aromatic carbocycles. The van der Waals surface area contributed by atoms with Crippen molar-refractivity contribution in [1.29, 1.82) is 0 Å². The second-order valence-electron chi connectivity index (χ2n) is 2.95. The van der Waals surface area contributed by atoms with E-state index in [4.69, 9.17) is 9.52 Å². The number of aryl methyl sites for hydroxylation is 2. The maximum Gasteiger partial charge on any atom is 0.310 e. The smallest absolute Gasteiger partial charge is 0.310 e. The average molecular weight is 168 g/mol. The van der Waals surface area contributed by atoms with Gasteiger partial charge < -0.3 is 9.52 Å². The van der Waals surface area contributed by atoms with Crippen LogP contribution in [0.1, 0.15) is 29.7 Å². The van der Waals surface area contributed by atoms with Crippen molar-refractivity contribution in [3.63, 3.8) is 0 Å². The van der Waals surface area contributed by atoms with Gasteiger partial charge in [0.15, 0.2) is 0 Å². The van der Waals surface area contributed by atoms with Crippen LogP contribution < -0.4 is 0 Å². The molecule has 0 radical (unpaired) electrons. The Hall–Kier alpha value is -1.25. The van der Waals surface area contributed by atoms with Gasteiger partial charge in [-0.3, -0.25) is 4.79 Å². The van der Waals surface area contributed by atoms with Gasteiger partial charge in [0.05, 0.1) is 12.2 Å². The van der Waals surface area contributed by atoms with Crippen molar-refractivity contribution in [2.75, 3.05) is 0 Å². The molecule has 3 nitrogen and oxygen atoms in total. The molecule has 12 heavy (non-hydrogen) atoms. The number of carboxylic acid groups (broad SMARTS) is 1. The Bertz CT molecular complexity index is 279. The van der Waals surface area contributed by atoms with Crippen molar-refractivity contribution in [3.8, 4) is 0 Å². The Balaban J connectivity index is 3.08. The summed E-state index contributed by atoms with van der Waals surface area (Å²) >= 11 is 0. The topological polar surface area (TPSA) is 50.4 Å². The van der Waals surface area contributed by atoms with Gasteiger partial charge in [-0.2, -0.15) is 0 Å². The van der Waals surface area contributed by atoms with Gasteiger partial charge >= 0.3 is 5.97 Å². The largest absolute Gasteiger partial charge is 0.481 e. The van der Waals surface area contributed by atoms with Crippen molar-refractivity contribution < 1.29 is 14.3 Å². The van der Waals surface area contributed by atoms with Crippen LogP contribution >= 0.6 is 0 Å². The molecular weight excluding hydrogens is 156 g/mol. The van der Waals surface area contributed by atoms with E-state index >= 15 is 0 Å². The van der Waals surface area contributed by atoms with Crippen molar-refractivity contribution in [1.82, 2.24) is 0 Å². The first-order valence-electron chi connectivity index (χ1n) is 3.81. The molecule has 0 aliphatic rings. The minimum Gasteiger partial charge on any atom is -0.481 e. The Kier molecular flexibility index (Phi) is 2.22. The van der Waals surface area contributed by atoms with Crippen molar-refractivity contribution in [3.05, 3.63) is 23.2 Å². The summed E-state index contributed by atoms with van der Waals surface area (Å²) in [6.07, 6.45) is 1.59. The Morgan fingerprint density at radius 2 is 2.17 bits per heavy atom. The Labute approximate surface area is 71.0 Å². The molecule has 1 atom stereocenters. The first kappa shape index (κ1) is 8.84. The maximum absolute atomic E-state index is 10.7. The molecule has 0 saturated carbocycles. The van der Waals surface area contributed by atoms with Gasteiger partial charge in [0.1, 0.15) is 5.76 Å². The van der Waals surface area contributed by atoms with Crippen LogP contribution in [0.25, 0.3) is 0 Å². The van der Waals surface area contributed by atoms with Gasteiger partial charge in [0, 0.05) is 5.56 Å². The number of rotatable bonds is 2. The normalized spacial score (nSPS) is 12.9. The molecule has 1 N–H and O–H groups in total. The summed E-state index contributed by atoms with van der Waals surface area (Å²) < 4.78 is 5.10. The van der Waals surface area contributed by atoms with Crippen LogP contribution in [0.2, 0.25) is 0 Å². The van der Waals surface area contributed by atoms with Gasteiger partial charge in [-0.05, 0) is 26.3 Å². The van der Waals surface area contributed by atoms with E-state index in [1.807, 2.05) is 6.92 Å². The van der Waals surface area contributed by atoms with E-state index in [1.54, 1.807) is 20.1 Å². The fraction of sp³-hybridized carbons (Fsp3) is 0.444. The van der Waals surface area contributed by atoms with E-state index in [1.165, 1.54) is 0 Å². The molecule has 0 aliphatic carbocycles. The van der Waals surface area contributed by atoms with Crippen LogP contribution in [0.15, 0.2) is 10.7 Å². The molecule has 1 unspecified atom stereocenters. The minimum absolute atomic E-state index is 0.483. The molecule has 0 spiro atoms. The fourth-order valence-electron chi connectivity index (χ4n) is 1.35. The van der Waals surface area contributed by atoms with Crippen LogP contribution in [0.3, 0.4) is 0 Å². The zero-order chi connectivity index (χ0) is 9.30. The van der Waals surface area contributed by atoms with Gasteiger partial charge in [-0.15, -0.1) is 0 Å². The van der Waals surface area contributed by atoms with Crippen LogP contribution in [-0.4, -0.2) is 11.1 Å². The Morgan fingerprint density at radius 1 is 1.58 bits per heavy atom. The monoisotopic (exact) mass is 168 g/mol. The second kappa shape index (κ2) is 3.01. The van der Waals surface area contributed by atoms with E-state index < -0.39 is 11.9 Å². The van der Waals surface area contributed by atoms with E-state index in [-0.39, 0.29) is 0 Å². The van der Waals surface area contributed by atoms with E-state index in [0.29, 0.717) is 5.76 Å². The summed E-state index contributed by atoms with van der Waals surface area (Å²) in [4.78, 5) is 10.7. The summed E-state index contributed by atoms with van der Waals surface area (Å²) in [5, 5.41) is 8.76. The first-order valence-corrected chi connectivity index (χ1v) is 3.81. The summed E-state index contributed by atoms with van der Waals surface area (Å²) in [5.41, 5.74) is 1.70. The molecule has 66 valence electrons. The lowest BCUT2D eigenvalue weighted by atomic mass is 9.99. The molecule has 3 heteroatoms. The predicted molar refractivity (Wildman–Crippen MR) is 44.2 cm³/mol. The number of carbonyl (C=O) groups is 1.